The summed E-state index contributed by atoms with van der Waals surface area (Å²) in [5.41, 5.74) is 2.20. The first-order chi connectivity index (χ1) is 64.2. The average molecular weight is 2140 g/mol. The average Bonchev–Trinajstić information content (AvgIpc) is 1.55. The number of amides is 7. The van der Waals surface area contributed by atoms with Crippen LogP contribution in [-0.2, 0) is 83.3 Å². The molecular weight excluding hydrogens is 2060 g/mol. The molecule has 0 fully saturated rings. The van der Waals surface area contributed by atoms with Crippen LogP contribution in [0.1, 0.15) is 174 Å². The van der Waals surface area contributed by atoms with Crippen LogP contribution in [0.5, 0.6) is 5.75 Å². The molecule has 7 aromatic rings. The van der Waals surface area contributed by atoms with E-state index in [9.17, 15) is 127 Å². The number of benzene rings is 7. The maximum absolute atomic E-state index is 13.3. The monoisotopic (exact) mass is 2130 g/mol. The van der Waals surface area contributed by atoms with E-state index >= 15 is 0 Å². The zero-order valence-electron chi connectivity index (χ0n) is 71.0. The number of carbonyl (C=O) groups is 21. The molecule has 0 spiro atoms. The second-order valence-electron chi connectivity index (χ2n) is 29.7. The molecule has 0 radical (unpaired) electrons. The number of aryl methyl sites for hydroxylation is 1. The quantitative estimate of drug-likeness (QED) is 0.0153. The van der Waals surface area contributed by atoms with Crippen molar-refractivity contribution < 1.29 is 167 Å². The van der Waals surface area contributed by atoms with Gasteiger partial charge in [0.2, 0.25) is 10.0 Å². The largest absolute Gasteiger partial charge is 0.495 e. The molecule has 0 aliphatic carbocycles. The van der Waals surface area contributed by atoms with Crippen LogP contribution in [0.25, 0.3) is 0 Å². The molecule has 39 nitrogen and oxygen atoms in total. The Balaban J connectivity index is 0.000000196. The van der Waals surface area contributed by atoms with Gasteiger partial charge in [0.25, 0.3) is 81.8 Å². The Labute approximate surface area is 807 Å². The molecule has 0 bridgehead atoms. The molecule has 9 N–H and O–H groups in total. The van der Waals surface area contributed by atoms with E-state index in [1.165, 1.54) is 63.1 Å². The SMILES string of the molecule is COc1cccc2c1N(CCCC(=O)O)C(=O)C2=O.Cc1cc(Cl)cc2c1N(CCCC(=O)O)C(=O)C2=O.NS(=O)(=O)c1ccc2c(c1)C(=O)C(=O)N2CCCC(=O)O.O=C(O)CCCN1C(=O)C(=O)c2cc(Br)cc(Br)c21.O=C(O)CCCN1C(=O)C(=O)c2cc(Cl)cc(Cl)c21.O=C(O)CCCN1C(=O)C(=O)c2cc(F)c(Cl)cc21.O=C(O)CCCN1C(=O)C(=O)c2cccc(C(F)(F)F)c21. The number of Topliss-reactive ketones (excluding diaryl/α,β-unsaturated/α-hetero) is 7. The zero-order chi connectivity index (χ0) is 102. The van der Waals surface area contributed by atoms with Crippen molar-refractivity contribution >= 4 is 252 Å². The van der Waals surface area contributed by atoms with E-state index in [0.29, 0.717) is 76.9 Å². The topological polar surface area (TPSA) is 592 Å². The van der Waals surface area contributed by atoms with Gasteiger partial charge in [0.15, 0.2) is 0 Å². The number of anilines is 7. The normalized spacial score (nSPS) is 14.0. The molecule has 14 rings (SSSR count). The van der Waals surface area contributed by atoms with Crippen LogP contribution in [0, 0.1) is 12.7 Å². The number of halogens is 10. The molecule has 50 heteroatoms. The van der Waals surface area contributed by atoms with E-state index in [1.807, 2.05) is 0 Å². The predicted molar refractivity (Wildman–Crippen MR) is 483 cm³/mol. The molecule has 7 aliphatic heterocycles. The Bertz CT molecular complexity index is 6140. The van der Waals surface area contributed by atoms with Gasteiger partial charge in [-0.25, -0.2) is 17.9 Å². The summed E-state index contributed by atoms with van der Waals surface area (Å²) in [6.07, 6.45) is -4.02. The van der Waals surface area contributed by atoms with Crippen molar-refractivity contribution in [2.24, 2.45) is 5.14 Å². The van der Waals surface area contributed by atoms with Crippen LogP contribution in [0.15, 0.2) is 117 Å². The van der Waals surface area contributed by atoms with E-state index in [4.69, 9.17) is 92.0 Å². The highest BCUT2D eigenvalue weighted by atomic mass is 79.9. The molecule has 0 saturated heterocycles. The fourth-order valence-electron chi connectivity index (χ4n) is 14.4. The highest BCUT2D eigenvalue weighted by Gasteiger charge is 2.47. The second-order valence-corrected chi connectivity index (χ2v) is 34.8. The number of ketones is 7. The number of ether oxygens (including phenoxy) is 1. The maximum Gasteiger partial charge on any atom is 0.418 e. The van der Waals surface area contributed by atoms with Crippen molar-refractivity contribution in [3.8, 4) is 5.75 Å². The number of methoxy groups -OCH3 is 1. The fourth-order valence-corrected chi connectivity index (χ4v) is 17.4. The molecule has 724 valence electrons. The lowest BCUT2D eigenvalue weighted by atomic mass is 10.1. The van der Waals surface area contributed by atoms with Crippen molar-refractivity contribution in [3.05, 3.63) is 188 Å². The molecule has 7 aliphatic rings. The fraction of sp³-hybridized carbons (Fsp3) is 0.276. The van der Waals surface area contributed by atoms with Crippen LogP contribution in [0.4, 0.5) is 57.4 Å². The van der Waals surface area contributed by atoms with E-state index < -0.39 is 157 Å². The third-order valence-corrected chi connectivity index (χ3v) is 23.3. The third-order valence-electron chi connectivity index (χ3n) is 20.3. The Kier molecular flexibility index (Phi) is 37.1. The number of aliphatic carboxylic acids is 7. The molecule has 0 aromatic heterocycles. The number of primary sulfonamides is 1. The summed E-state index contributed by atoms with van der Waals surface area (Å²) in [6.45, 7) is 2.40. The third kappa shape index (κ3) is 26.4. The van der Waals surface area contributed by atoms with Gasteiger partial charge in [0, 0.05) is 110 Å². The minimum atomic E-state index is -4.71. The summed E-state index contributed by atoms with van der Waals surface area (Å²) in [5, 5.41) is 65.7. The molecule has 7 amide bonds. The zero-order valence-corrected chi connectivity index (χ0v) is 78.0. The lowest BCUT2D eigenvalue weighted by Gasteiger charge is -2.20. The predicted octanol–water partition coefficient (Wildman–Crippen LogP) is 11.8. The first-order valence-electron chi connectivity index (χ1n) is 40.0. The summed E-state index contributed by atoms with van der Waals surface area (Å²) in [4.78, 5) is 246. The standard InChI is InChI=1S/C13H12ClNO4.C13H10F3NO4.C13H13NO5.C12H9Br2NO4.C12H9Cl2NO4.C12H9ClFNO4.C12H12N2O6S/c1-7-5-8(14)6-9-11(7)15(13(19)12(9)18)4-2-3-10(16)17;14-13(15,16)8-4-1-3-7-10(8)17(12(21)11(7)20)6-2-5-9(18)19;1-19-9-5-2-4-8-11(9)14(13(18)12(8)17)7-3-6-10(15)16;2*13-6-4-7-10(8(14)5-6)15(12(19)11(7)18)3-1-2-9(16)17;13-7-5-9-6(4-8(7)14)11(18)12(19)15(9)3-1-2-10(16)17;13-21(19,20)7-3-4-9-8(6-7)11(17)12(18)14(9)5-1-2-10(15)16/h5-6H,2-4H2,1H3,(H,16,17);1,3-4H,2,5-6H2,(H,18,19);2,4-5H,3,6-7H2,1H3,(H,15,16);3*4-5H,1-3H2,(H,16,17);3-4,6H,1-2,5H2,(H,15,16)(H2,13,19,20). The van der Waals surface area contributed by atoms with Crippen molar-refractivity contribution in [2.75, 3.05) is 87.2 Å². The van der Waals surface area contributed by atoms with E-state index in [1.54, 1.807) is 43.3 Å². The molecule has 0 atom stereocenters. The number of fused-ring (bicyclic) bond motifs is 7. The highest BCUT2D eigenvalue weighted by molar-refractivity contribution is 9.11. The number of carboxylic acid groups (broad SMARTS) is 7. The first kappa shape index (κ1) is 109. The number of nitrogens with two attached hydrogens (primary N) is 1. The molecule has 0 saturated carbocycles. The van der Waals surface area contributed by atoms with Gasteiger partial charge in [0.05, 0.1) is 106 Å². The van der Waals surface area contributed by atoms with Crippen LogP contribution in [0.3, 0.4) is 0 Å². The van der Waals surface area contributed by atoms with Gasteiger partial charge in [-0.2, -0.15) is 13.2 Å². The minimum absolute atomic E-state index is 0.0396. The number of carbonyl (C=O) groups excluding carboxylic acids is 14. The van der Waals surface area contributed by atoms with Gasteiger partial charge in [-0.1, -0.05) is 74.5 Å². The van der Waals surface area contributed by atoms with Gasteiger partial charge < -0.3 is 74.8 Å². The Morgan fingerprint density at radius 3 is 1.11 bits per heavy atom. The van der Waals surface area contributed by atoms with Crippen molar-refractivity contribution in [1.29, 1.82) is 0 Å². The Morgan fingerprint density at radius 1 is 0.372 bits per heavy atom. The second kappa shape index (κ2) is 46.7. The smallest absolute Gasteiger partial charge is 0.418 e. The number of hydrogen-bond acceptors (Lipinski definition) is 24. The Hall–Kier alpha value is -13.6. The summed E-state index contributed by atoms with van der Waals surface area (Å²) in [6, 6.07) is 22.9. The van der Waals surface area contributed by atoms with Gasteiger partial charge in [-0.3, -0.25) is 101 Å². The van der Waals surface area contributed by atoms with Gasteiger partial charge in [-0.15, -0.1) is 0 Å². The van der Waals surface area contributed by atoms with Gasteiger partial charge >= 0.3 is 48.0 Å². The van der Waals surface area contributed by atoms with Crippen molar-refractivity contribution in [1.82, 2.24) is 0 Å². The number of nitrogens with zero attached hydrogens (tertiary/aromatic N) is 7. The summed E-state index contributed by atoms with van der Waals surface area (Å²) >= 11 is 29.9. The van der Waals surface area contributed by atoms with Gasteiger partial charge in [-0.05, 0) is 164 Å². The Morgan fingerprint density at radius 2 is 0.701 bits per heavy atom. The lowest BCUT2D eigenvalue weighted by molar-refractivity contribution is -0.138. The number of sulfonamides is 1. The van der Waals surface area contributed by atoms with E-state index in [2.05, 4.69) is 31.9 Å². The maximum atomic E-state index is 13.3. The number of carboxylic acids is 7. The molecule has 7 aromatic carbocycles. The molecule has 7 heterocycles. The number of alkyl halides is 3. The van der Waals surface area contributed by atoms with E-state index in [-0.39, 0.29) is 176 Å². The lowest BCUT2D eigenvalue weighted by Crippen LogP contribution is -2.32. The molecular formula is C87H74Br2Cl4F4N8O31S. The minimum Gasteiger partial charge on any atom is -0.495 e. The molecule has 137 heavy (non-hydrogen) atoms. The first-order valence-corrected chi connectivity index (χ1v) is 44.7. The summed E-state index contributed by atoms with van der Waals surface area (Å²) in [5.74, 6) is -17.5. The van der Waals surface area contributed by atoms with Crippen LogP contribution in [0.2, 0.25) is 20.1 Å². The number of rotatable bonds is 30. The molecule has 0 unspecified atom stereocenters. The number of para-hydroxylation sites is 2. The summed E-state index contributed by atoms with van der Waals surface area (Å²) < 4.78 is 81.2. The number of hydrogen-bond donors (Lipinski definition) is 8. The van der Waals surface area contributed by atoms with Crippen LogP contribution < -0.4 is 44.2 Å². The van der Waals surface area contributed by atoms with Crippen molar-refractivity contribution in [3.63, 3.8) is 0 Å². The van der Waals surface area contributed by atoms with E-state index in [0.717, 1.165) is 45.7 Å². The van der Waals surface area contributed by atoms with Gasteiger partial charge in [0.1, 0.15) is 11.6 Å². The van der Waals surface area contributed by atoms with Crippen LogP contribution in [-0.4, -0.2) is 221 Å². The highest BCUT2D eigenvalue weighted by Crippen LogP contribution is 2.45. The van der Waals surface area contributed by atoms with Crippen molar-refractivity contribution in [2.45, 2.75) is 108 Å². The van der Waals surface area contributed by atoms with Crippen LogP contribution >= 0.6 is 78.3 Å². The summed E-state index contributed by atoms with van der Waals surface area (Å²) in [7, 11) is -2.51.